The molecule has 3 rings (SSSR count). The molecule has 0 radical (unpaired) electrons. The number of aliphatic hydroxyl groups is 12. The first-order chi connectivity index (χ1) is 23.1. The summed E-state index contributed by atoms with van der Waals surface area (Å²) >= 11 is 0. The molecule has 13 N–H and O–H groups in total. The Morgan fingerprint density at radius 1 is 0.714 bits per heavy atom. The highest BCUT2D eigenvalue weighted by Crippen LogP contribution is 2.33. The van der Waals surface area contributed by atoms with Gasteiger partial charge in [0.1, 0.15) is 85.4 Å². The van der Waals surface area contributed by atoms with Crippen LogP contribution < -0.4 is 5.32 Å². The van der Waals surface area contributed by atoms with Crippen molar-refractivity contribution in [2.75, 3.05) is 33.0 Å². The number of carbonyl (C=O) groups excluding carboxylic acids is 1. The van der Waals surface area contributed by atoms with Gasteiger partial charge in [-0.25, -0.2) is 0 Å². The van der Waals surface area contributed by atoms with Crippen molar-refractivity contribution in [3.63, 3.8) is 0 Å². The van der Waals surface area contributed by atoms with Gasteiger partial charge in [0.05, 0.1) is 45.2 Å². The van der Waals surface area contributed by atoms with E-state index in [1.165, 1.54) is 13.8 Å². The molecule has 3 saturated heterocycles. The normalized spacial score (nSPS) is 42.6. The van der Waals surface area contributed by atoms with Crippen molar-refractivity contribution in [3.8, 4) is 0 Å². The molecule has 49 heavy (non-hydrogen) atoms. The maximum absolute atomic E-state index is 12.2. The molecule has 0 saturated carbocycles. The number of hydrogen-bond donors (Lipinski definition) is 13. The zero-order valence-electron chi connectivity index (χ0n) is 27.1. The highest BCUT2D eigenvalue weighted by atomic mass is 16.8. The van der Waals surface area contributed by atoms with Crippen LogP contribution in [0.4, 0.5) is 0 Å². The SMILES string of the molecule is CC(=O)NC1C(OC2C(O)C(CO)OC(OC3C(CO)OC(C)C(O)C3O)C2O)OC(CO)C(OC(OC(CO)[C@@H](C)O)[C@@H](O)CO)C1O. The Labute approximate surface area is 281 Å². The van der Waals surface area contributed by atoms with Gasteiger partial charge >= 0.3 is 0 Å². The average molecular weight is 722 g/mol. The Hall–Kier alpha value is -1.29. The van der Waals surface area contributed by atoms with Crippen LogP contribution in [0.25, 0.3) is 0 Å². The smallest absolute Gasteiger partial charge is 0.217 e. The minimum atomic E-state index is -1.96. The number of hydrogen-bond acceptors (Lipinski definition) is 20. The standard InChI is InChI=1S/C28H51NO20/c1-9(35)13(5-31)44-26(12(37)4-30)47-23-16(8-34)46-27(17(20(23)40)29-11(3)36)49-25-19(39)14(6-32)45-28(22(25)42)48-24-15(7-33)43-10(2)18(38)21(24)41/h9-10,12-28,30-35,37-42H,4-8H2,1-3H3,(H,29,36)/t9-,10?,12+,13?,14?,15?,16?,17?,18?,19?,20?,21?,22?,23?,24?,25?,26?,27?,28?/m1/s1. The Morgan fingerprint density at radius 3 is 1.82 bits per heavy atom. The van der Waals surface area contributed by atoms with Crippen molar-refractivity contribution in [1.82, 2.24) is 5.32 Å². The van der Waals surface area contributed by atoms with Crippen LogP contribution in [-0.2, 0) is 38.0 Å². The highest BCUT2D eigenvalue weighted by molar-refractivity contribution is 5.73. The Bertz CT molecular complexity index is 996. The summed E-state index contributed by atoms with van der Waals surface area (Å²) in [6.45, 7) is -0.318. The van der Waals surface area contributed by atoms with Crippen LogP contribution in [0.1, 0.15) is 20.8 Å². The molecule has 0 aromatic heterocycles. The largest absolute Gasteiger partial charge is 0.394 e. The number of nitrogens with one attached hydrogen (secondary N) is 1. The van der Waals surface area contributed by atoms with Crippen LogP contribution in [0.5, 0.6) is 0 Å². The molecule has 3 aliphatic heterocycles. The van der Waals surface area contributed by atoms with Crippen molar-refractivity contribution < 1.29 is 99.2 Å². The molecule has 288 valence electrons. The molecule has 21 nitrogen and oxygen atoms in total. The molecule has 0 aromatic carbocycles. The lowest BCUT2D eigenvalue weighted by Crippen LogP contribution is -2.69. The van der Waals surface area contributed by atoms with E-state index in [-0.39, 0.29) is 0 Å². The van der Waals surface area contributed by atoms with Gasteiger partial charge in [0.25, 0.3) is 0 Å². The van der Waals surface area contributed by atoms with Gasteiger partial charge in [0.15, 0.2) is 18.9 Å². The first kappa shape index (κ1) is 42.1. The fraction of sp³-hybridized carbons (Fsp3) is 0.964. The molecule has 0 spiro atoms. The second-order valence-electron chi connectivity index (χ2n) is 12.2. The van der Waals surface area contributed by atoms with E-state index in [1.54, 1.807) is 0 Å². The highest BCUT2D eigenvalue weighted by Gasteiger charge is 2.54. The van der Waals surface area contributed by atoms with E-state index in [2.05, 4.69) is 5.32 Å². The minimum Gasteiger partial charge on any atom is -0.394 e. The fourth-order valence-electron chi connectivity index (χ4n) is 5.75. The molecule has 0 bridgehead atoms. The van der Waals surface area contributed by atoms with Gasteiger partial charge < -0.3 is 99.8 Å². The first-order valence-corrected chi connectivity index (χ1v) is 15.8. The maximum Gasteiger partial charge on any atom is 0.217 e. The Kier molecular flexibility index (Phi) is 16.3. The zero-order valence-corrected chi connectivity index (χ0v) is 27.1. The first-order valence-electron chi connectivity index (χ1n) is 15.8. The lowest BCUT2D eigenvalue weighted by molar-refractivity contribution is -0.372. The zero-order chi connectivity index (χ0) is 36.7. The Morgan fingerprint density at radius 2 is 1.29 bits per heavy atom. The van der Waals surface area contributed by atoms with Crippen molar-refractivity contribution in [2.24, 2.45) is 0 Å². The lowest BCUT2D eigenvalue weighted by Gasteiger charge is -2.49. The third kappa shape index (κ3) is 9.98. The van der Waals surface area contributed by atoms with Crippen LogP contribution in [0, 0.1) is 0 Å². The maximum atomic E-state index is 12.2. The monoisotopic (exact) mass is 721 g/mol. The van der Waals surface area contributed by atoms with E-state index < -0.39 is 155 Å². The molecule has 1 amide bonds. The summed E-state index contributed by atoms with van der Waals surface area (Å²) in [4.78, 5) is 12.2. The van der Waals surface area contributed by atoms with E-state index in [0.717, 1.165) is 6.92 Å². The van der Waals surface area contributed by atoms with Gasteiger partial charge in [-0.2, -0.15) is 0 Å². The third-order valence-corrected chi connectivity index (χ3v) is 8.55. The Balaban J connectivity index is 1.88. The summed E-state index contributed by atoms with van der Waals surface area (Å²) < 4.78 is 39.4. The summed E-state index contributed by atoms with van der Waals surface area (Å²) in [5.41, 5.74) is 0. The summed E-state index contributed by atoms with van der Waals surface area (Å²) in [7, 11) is 0. The number of ether oxygens (including phenoxy) is 7. The second-order valence-corrected chi connectivity index (χ2v) is 12.2. The predicted octanol–water partition coefficient (Wildman–Crippen LogP) is -7.90. The topological polar surface area (TPSA) is 336 Å². The van der Waals surface area contributed by atoms with E-state index in [4.69, 9.17) is 33.2 Å². The quantitative estimate of drug-likeness (QED) is 0.0658. The summed E-state index contributed by atoms with van der Waals surface area (Å²) in [6, 6.07) is -1.60. The third-order valence-electron chi connectivity index (χ3n) is 8.55. The predicted molar refractivity (Wildman–Crippen MR) is 156 cm³/mol. The van der Waals surface area contributed by atoms with Gasteiger partial charge in [-0.05, 0) is 13.8 Å². The molecule has 0 aromatic rings. The second kappa shape index (κ2) is 19.0. The average Bonchev–Trinajstić information content (AvgIpc) is 3.07. The van der Waals surface area contributed by atoms with Crippen LogP contribution in [-0.4, -0.2) is 217 Å². The van der Waals surface area contributed by atoms with Crippen LogP contribution >= 0.6 is 0 Å². The van der Waals surface area contributed by atoms with Crippen molar-refractivity contribution in [1.29, 1.82) is 0 Å². The number of aliphatic hydroxyl groups excluding tert-OH is 12. The summed E-state index contributed by atoms with van der Waals surface area (Å²) in [5.74, 6) is -0.739. The van der Waals surface area contributed by atoms with Crippen molar-refractivity contribution >= 4 is 5.91 Å². The molecule has 19 atom stereocenters. The van der Waals surface area contributed by atoms with Crippen molar-refractivity contribution in [2.45, 2.75) is 137 Å². The van der Waals surface area contributed by atoms with Crippen LogP contribution in [0.15, 0.2) is 0 Å². The van der Waals surface area contributed by atoms with Gasteiger partial charge in [0, 0.05) is 6.92 Å². The molecule has 3 fully saturated rings. The van der Waals surface area contributed by atoms with Crippen molar-refractivity contribution in [3.05, 3.63) is 0 Å². The molecule has 0 aliphatic carbocycles. The fourth-order valence-corrected chi connectivity index (χ4v) is 5.75. The van der Waals surface area contributed by atoms with Gasteiger partial charge in [0.2, 0.25) is 5.91 Å². The van der Waals surface area contributed by atoms with Gasteiger partial charge in [-0.1, -0.05) is 0 Å². The number of amides is 1. The molecule has 17 unspecified atom stereocenters. The molecule has 3 heterocycles. The van der Waals surface area contributed by atoms with E-state index in [0.29, 0.717) is 0 Å². The molecule has 3 aliphatic rings. The van der Waals surface area contributed by atoms with Crippen LogP contribution in [0.2, 0.25) is 0 Å². The molecular weight excluding hydrogens is 670 g/mol. The minimum absolute atomic E-state index is 0.674. The van der Waals surface area contributed by atoms with E-state index in [1.807, 2.05) is 0 Å². The van der Waals surface area contributed by atoms with Gasteiger partial charge in [-0.3, -0.25) is 4.79 Å². The number of carbonyl (C=O) groups is 1. The van der Waals surface area contributed by atoms with Gasteiger partial charge in [-0.15, -0.1) is 0 Å². The van der Waals surface area contributed by atoms with E-state index in [9.17, 15) is 66.1 Å². The summed E-state index contributed by atoms with van der Waals surface area (Å²) in [6.07, 6.45) is -28.6. The van der Waals surface area contributed by atoms with Crippen LogP contribution in [0.3, 0.4) is 0 Å². The molecule has 21 heteroatoms. The summed E-state index contributed by atoms with van der Waals surface area (Å²) in [5, 5.41) is 126. The lowest BCUT2D eigenvalue weighted by atomic mass is 9.94. The number of rotatable bonds is 16. The van der Waals surface area contributed by atoms with E-state index >= 15 is 0 Å². The molecular formula is C28H51NO20.